The van der Waals surface area contributed by atoms with Crippen molar-refractivity contribution < 1.29 is 4.74 Å². The van der Waals surface area contributed by atoms with Gasteiger partial charge in [0, 0.05) is 13.2 Å². The molecule has 2 rings (SSSR count). The zero-order valence-corrected chi connectivity index (χ0v) is 11.0. The number of hydrogen-bond acceptors (Lipinski definition) is 2. The third kappa shape index (κ3) is 2.27. The number of ether oxygens (including phenoxy) is 1. The molecule has 2 aromatic rings. The van der Waals surface area contributed by atoms with Crippen molar-refractivity contribution in [2.45, 2.75) is 5.60 Å². The van der Waals surface area contributed by atoms with Crippen LogP contribution in [-0.2, 0) is 10.3 Å². The maximum Gasteiger partial charge on any atom is 0.144 e. The first-order chi connectivity index (χ1) is 8.83. The van der Waals surface area contributed by atoms with Crippen LogP contribution in [0.3, 0.4) is 0 Å². The fourth-order valence-corrected chi connectivity index (χ4v) is 2.25. The number of thiocarbonyl (C=S) groups is 1. The lowest BCUT2D eigenvalue weighted by Crippen LogP contribution is -2.27. The van der Waals surface area contributed by atoms with E-state index < -0.39 is 5.60 Å². The van der Waals surface area contributed by atoms with Gasteiger partial charge in [-0.05, 0) is 28.4 Å². The Balaban J connectivity index is 2.65. The zero-order valence-electron chi connectivity index (χ0n) is 10.2. The normalized spacial score (nSPS) is 10.7. The van der Waals surface area contributed by atoms with Crippen LogP contribution >= 0.6 is 12.2 Å². The fourth-order valence-electron chi connectivity index (χ4n) is 2.08. The molecule has 0 aliphatic carbocycles. The van der Waals surface area contributed by atoms with Crippen LogP contribution in [0.1, 0.15) is 11.1 Å². The zero-order chi connectivity index (χ0) is 12.8. The summed E-state index contributed by atoms with van der Waals surface area (Å²) in [4.78, 5) is 0. The summed E-state index contributed by atoms with van der Waals surface area (Å²) in [5.41, 5.74) is 1.41. The van der Waals surface area contributed by atoms with Crippen LogP contribution in [-0.4, -0.2) is 12.1 Å². The molecule has 18 heavy (non-hydrogen) atoms. The SMILES string of the molecule is COC(C=C=S)(c1ccccc1)c1ccccc1. The highest BCUT2D eigenvalue weighted by Crippen LogP contribution is 2.33. The lowest BCUT2D eigenvalue weighted by molar-refractivity contribution is 0.0668. The van der Waals surface area contributed by atoms with Gasteiger partial charge in [0.2, 0.25) is 0 Å². The molecule has 0 unspecified atom stereocenters. The van der Waals surface area contributed by atoms with Crippen LogP contribution in [0.25, 0.3) is 0 Å². The second kappa shape index (κ2) is 5.74. The third-order valence-electron chi connectivity index (χ3n) is 2.99. The van der Waals surface area contributed by atoms with Crippen LogP contribution in [0.2, 0.25) is 0 Å². The van der Waals surface area contributed by atoms with Gasteiger partial charge in [0.05, 0.1) is 0 Å². The van der Waals surface area contributed by atoms with Gasteiger partial charge in [0.25, 0.3) is 0 Å². The molecule has 2 aromatic carbocycles. The Bertz CT molecular complexity index is 502. The highest BCUT2D eigenvalue weighted by atomic mass is 32.1. The summed E-state index contributed by atoms with van der Waals surface area (Å²) in [5, 5.41) is 2.69. The minimum atomic E-state index is -0.662. The van der Waals surface area contributed by atoms with Gasteiger partial charge in [0.15, 0.2) is 0 Å². The molecular weight excluding hydrogens is 240 g/mol. The van der Waals surface area contributed by atoms with Gasteiger partial charge in [-0.3, -0.25) is 0 Å². The van der Waals surface area contributed by atoms with E-state index in [1.807, 2.05) is 60.7 Å². The Kier molecular flexibility index (Phi) is 4.06. The van der Waals surface area contributed by atoms with E-state index in [2.05, 4.69) is 5.02 Å². The molecule has 0 aliphatic rings. The summed E-state index contributed by atoms with van der Waals surface area (Å²) in [6.07, 6.45) is 1.78. The molecule has 90 valence electrons. The van der Waals surface area contributed by atoms with E-state index in [1.54, 1.807) is 13.2 Å². The maximum absolute atomic E-state index is 5.77. The molecule has 2 heteroatoms. The smallest absolute Gasteiger partial charge is 0.144 e. The summed E-state index contributed by atoms with van der Waals surface area (Å²) in [6, 6.07) is 20.0. The predicted octanol–water partition coefficient (Wildman–Crippen LogP) is 3.73. The van der Waals surface area contributed by atoms with Crippen molar-refractivity contribution in [2.24, 2.45) is 0 Å². The second-order valence-corrected chi connectivity index (χ2v) is 4.17. The highest BCUT2D eigenvalue weighted by molar-refractivity contribution is 7.78. The van der Waals surface area contributed by atoms with Gasteiger partial charge in [-0.15, -0.1) is 0 Å². The lowest BCUT2D eigenvalue weighted by Gasteiger charge is -2.29. The quantitative estimate of drug-likeness (QED) is 0.769. The predicted molar refractivity (Wildman–Crippen MR) is 77.8 cm³/mol. The molecule has 0 aromatic heterocycles. The average molecular weight is 254 g/mol. The first-order valence-corrected chi connectivity index (χ1v) is 6.12. The van der Waals surface area contributed by atoms with E-state index >= 15 is 0 Å². The van der Waals surface area contributed by atoms with Crippen LogP contribution in [0.5, 0.6) is 0 Å². The Morgan fingerprint density at radius 2 is 1.39 bits per heavy atom. The third-order valence-corrected chi connectivity index (χ3v) is 3.11. The molecule has 0 saturated carbocycles. The standard InChI is InChI=1S/C16H14OS/c1-17-16(12-13-18,14-8-4-2-5-9-14)15-10-6-3-7-11-15/h2-12H,1H3. The number of hydrogen-bond donors (Lipinski definition) is 0. The molecular formula is C16H14OS. The molecule has 0 atom stereocenters. The van der Waals surface area contributed by atoms with Gasteiger partial charge in [0.1, 0.15) is 5.60 Å². The van der Waals surface area contributed by atoms with E-state index in [0.29, 0.717) is 0 Å². The Morgan fingerprint density at radius 1 is 0.944 bits per heavy atom. The molecule has 0 heterocycles. The summed E-state index contributed by atoms with van der Waals surface area (Å²) in [6.45, 7) is 0. The minimum absolute atomic E-state index is 0.662. The Hall–Kier alpha value is -1.73. The Morgan fingerprint density at radius 3 is 1.72 bits per heavy atom. The van der Waals surface area contributed by atoms with Crippen LogP contribution in [0, 0.1) is 0 Å². The van der Waals surface area contributed by atoms with Gasteiger partial charge < -0.3 is 4.74 Å². The maximum atomic E-state index is 5.77. The van der Waals surface area contributed by atoms with Gasteiger partial charge >= 0.3 is 0 Å². The summed E-state index contributed by atoms with van der Waals surface area (Å²) in [7, 11) is 1.68. The second-order valence-electron chi connectivity index (χ2n) is 3.93. The molecule has 0 radical (unpaired) electrons. The van der Waals surface area contributed by atoms with Gasteiger partial charge in [-0.2, -0.15) is 0 Å². The molecule has 0 bridgehead atoms. The van der Waals surface area contributed by atoms with Crippen LogP contribution in [0.15, 0.2) is 66.7 Å². The van der Waals surface area contributed by atoms with E-state index in [1.165, 1.54) is 0 Å². The fraction of sp³-hybridized carbons (Fsp3) is 0.125. The van der Waals surface area contributed by atoms with E-state index in [4.69, 9.17) is 17.0 Å². The van der Waals surface area contributed by atoms with Crippen molar-refractivity contribution in [3.8, 4) is 0 Å². The monoisotopic (exact) mass is 254 g/mol. The molecule has 0 amide bonds. The molecule has 1 nitrogen and oxygen atoms in total. The first kappa shape index (κ1) is 12.7. The van der Waals surface area contributed by atoms with Crippen molar-refractivity contribution in [1.29, 1.82) is 0 Å². The van der Waals surface area contributed by atoms with Crippen molar-refractivity contribution in [2.75, 3.05) is 7.11 Å². The van der Waals surface area contributed by atoms with E-state index in [0.717, 1.165) is 11.1 Å². The number of benzene rings is 2. The van der Waals surface area contributed by atoms with Crippen LogP contribution in [0.4, 0.5) is 0 Å². The van der Waals surface area contributed by atoms with Gasteiger partial charge in [-0.25, -0.2) is 0 Å². The lowest BCUT2D eigenvalue weighted by atomic mass is 9.86. The van der Waals surface area contributed by atoms with E-state index in [-0.39, 0.29) is 0 Å². The van der Waals surface area contributed by atoms with Crippen molar-refractivity contribution >= 4 is 17.2 Å². The molecule has 0 saturated heterocycles. The molecule has 0 fully saturated rings. The average Bonchev–Trinajstić information content (AvgIpc) is 2.47. The molecule has 0 aliphatic heterocycles. The minimum Gasteiger partial charge on any atom is -0.364 e. The summed E-state index contributed by atoms with van der Waals surface area (Å²) in [5.74, 6) is 0. The Labute approximate surface area is 113 Å². The van der Waals surface area contributed by atoms with Crippen molar-refractivity contribution in [3.63, 3.8) is 0 Å². The summed E-state index contributed by atoms with van der Waals surface area (Å²) >= 11 is 4.88. The van der Waals surface area contributed by atoms with E-state index in [9.17, 15) is 0 Å². The topological polar surface area (TPSA) is 9.23 Å². The highest BCUT2D eigenvalue weighted by Gasteiger charge is 2.31. The van der Waals surface area contributed by atoms with Gasteiger partial charge in [-0.1, -0.05) is 60.7 Å². The molecule has 0 spiro atoms. The van der Waals surface area contributed by atoms with Crippen molar-refractivity contribution in [3.05, 3.63) is 77.9 Å². The molecule has 0 N–H and O–H groups in total. The van der Waals surface area contributed by atoms with Crippen molar-refractivity contribution in [1.82, 2.24) is 0 Å². The summed E-state index contributed by atoms with van der Waals surface area (Å²) < 4.78 is 5.77. The van der Waals surface area contributed by atoms with Crippen LogP contribution < -0.4 is 0 Å². The first-order valence-electron chi connectivity index (χ1n) is 5.72. The number of methoxy groups -OCH3 is 1. The largest absolute Gasteiger partial charge is 0.364 e. The number of rotatable bonds is 4.